The Kier molecular flexibility index (Phi) is 7.80. The molecule has 0 saturated carbocycles. The van der Waals surface area contributed by atoms with Gasteiger partial charge in [-0.3, -0.25) is 4.79 Å². The number of piperazine rings is 1. The van der Waals surface area contributed by atoms with Gasteiger partial charge in [0.2, 0.25) is 20.0 Å². The van der Waals surface area contributed by atoms with Crippen LogP contribution in [0.5, 0.6) is 0 Å². The molecule has 37 heavy (non-hydrogen) atoms. The van der Waals surface area contributed by atoms with E-state index in [0.29, 0.717) is 38.3 Å². The van der Waals surface area contributed by atoms with Crippen LogP contribution in [0.15, 0.2) is 54.7 Å². The van der Waals surface area contributed by atoms with Crippen molar-refractivity contribution in [2.45, 2.75) is 31.9 Å². The fourth-order valence-electron chi connectivity index (χ4n) is 4.40. The molecule has 1 unspecified atom stereocenters. The predicted molar refractivity (Wildman–Crippen MR) is 146 cm³/mol. The molecule has 200 valence electrons. The van der Waals surface area contributed by atoms with Gasteiger partial charge in [-0.2, -0.15) is 4.31 Å². The average Bonchev–Trinajstić information content (AvgIpc) is 3.30. The number of benzene rings is 2. The van der Waals surface area contributed by atoms with Crippen molar-refractivity contribution in [2.24, 2.45) is 0 Å². The second-order valence-corrected chi connectivity index (χ2v) is 14.2. The number of hydrogen-bond donors (Lipinski definition) is 1. The van der Waals surface area contributed by atoms with E-state index < -0.39 is 25.3 Å². The smallest absolute Gasteiger partial charge is 0.253 e. The van der Waals surface area contributed by atoms with Crippen molar-refractivity contribution in [3.63, 3.8) is 0 Å². The molecule has 1 aliphatic heterocycles. The van der Waals surface area contributed by atoms with Crippen LogP contribution >= 0.6 is 0 Å². The highest BCUT2D eigenvalue weighted by Gasteiger charge is 2.26. The molecule has 1 N–H and O–H groups in total. The number of fused-ring (bicyclic) bond motifs is 1. The summed E-state index contributed by atoms with van der Waals surface area (Å²) in [6.45, 7) is 7.00. The largest absolute Gasteiger partial charge is 0.336 e. The van der Waals surface area contributed by atoms with Crippen molar-refractivity contribution in [3.05, 3.63) is 65.9 Å². The van der Waals surface area contributed by atoms with Crippen LogP contribution in [0.4, 0.5) is 0 Å². The van der Waals surface area contributed by atoms with Crippen molar-refractivity contribution in [2.75, 3.05) is 39.0 Å². The third-order valence-corrected chi connectivity index (χ3v) is 10.00. The maximum atomic E-state index is 13.0. The van der Waals surface area contributed by atoms with E-state index in [4.69, 9.17) is 0 Å². The summed E-state index contributed by atoms with van der Waals surface area (Å²) in [6, 6.07) is 15.6. The highest BCUT2D eigenvalue weighted by atomic mass is 32.2. The maximum Gasteiger partial charge on any atom is 0.253 e. The van der Waals surface area contributed by atoms with E-state index in [-0.39, 0.29) is 11.8 Å². The van der Waals surface area contributed by atoms with Gasteiger partial charge in [-0.05, 0) is 61.7 Å². The number of amides is 1. The fourth-order valence-corrected chi connectivity index (χ4v) is 6.04. The lowest BCUT2D eigenvalue weighted by Gasteiger charge is -2.33. The van der Waals surface area contributed by atoms with Gasteiger partial charge >= 0.3 is 0 Å². The first-order chi connectivity index (χ1) is 17.4. The molecule has 0 radical (unpaired) electrons. The first kappa shape index (κ1) is 27.3. The van der Waals surface area contributed by atoms with Crippen LogP contribution in [-0.2, 0) is 20.0 Å². The molecule has 0 aliphatic carbocycles. The van der Waals surface area contributed by atoms with Crippen LogP contribution in [0.3, 0.4) is 0 Å². The van der Waals surface area contributed by atoms with E-state index in [9.17, 15) is 21.6 Å². The molecule has 11 heteroatoms. The first-order valence-corrected chi connectivity index (χ1v) is 15.7. The fraction of sp³-hybridized carbons (Fsp3) is 0.423. The van der Waals surface area contributed by atoms with Gasteiger partial charge in [-0.15, -0.1) is 0 Å². The summed E-state index contributed by atoms with van der Waals surface area (Å²) in [5, 5.41) is 0.464. The van der Waals surface area contributed by atoms with Gasteiger partial charge in [-0.25, -0.2) is 21.6 Å². The Balaban J connectivity index is 1.45. The molecule has 1 aromatic heterocycles. The van der Waals surface area contributed by atoms with Crippen molar-refractivity contribution in [1.82, 2.24) is 18.5 Å². The summed E-state index contributed by atoms with van der Waals surface area (Å²) in [5.74, 6) is -0.0777. The van der Waals surface area contributed by atoms with Gasteiger partial charge in [0, 0.05) is 55.6 Å². The molecule has 1 atom stereocenters. The summed E-state index contributed by atoms with van der Waals surface area (Å²) in [5.41, 5.74) is 3.54. The van der Waals surface area contributed by atoms with E-state index >= 15 is 0 Å². The summed E-state index contributed by atoms with van der Waals surface area (Å²) in [7, 11) is -6.55. The van der Waals surface area contributed by atoms with Crippen molar-refractivity contribution in [1.29, 1.82) is 0 Å². The van der Waals surface area contributed by atoms with Crippen LogP contribution in [0, 0.1) is 0 Å². The lowest BCUT2D eigenvalue weighted by atomic mass is 10.0. The second kappa shape index (κ2) is 10.6. The summed E-state index contributed by atoms with van der Waals surface area (Å²) >= 11 is 0. The molecule has 4 rings (SSSR count). The predicted octanol–water partition coefficient (Wildman–Crippen LogP) is 2.78. The van der Waals surface area contributed by atoms with E-state index in [1.54, 1.807) is 24.8 Å². The number of hydrogen-bond acceptors (Lipinski definition) is 5. The monoisotopic (exact) mass is 546 g/mol. The number of nitrogens with one attached hydrogen (secondary N) is 1. The van der Waals surface area contributed by atoms with E-state index in [1.807, 2.05) is 60.2 Å². The van der Waals surface area contributed by atoms with Crippen molar-refractivity contribution >= 4 is 36.9 Å². The minimum absolute atomic E-state index is 0.0249. The van der Waals surface area contributed by atoms with E-state index in [2.05, 4.69) is 4.72 Å². The normalized spacial score (nSPS) is 16.4. The maximum absolute atomic E-state index is 13.0. The Hall–Kier alpha value is -2.73. The van der Waals surface area contributed by atoms with Gasteiger partial charge in [-0.1, -0.05) is 19.1 Å². The van der Waals surface area contributed by atoms with Gasteiger partial charge in [0.25, 0.3) is 5.91 Å². The molecule has 0 bridgehead atoms. The topological polar surface area (TPSA) is 109 Å². The van der Waals surface area contributed by atoms with Crippen molar-refractivity contribution in [3.8, 4) is 5.69 Å². The molecule has 1 saturated heterocycles. The zero-order chi connectivity index (χ0) is 27.0. The third-order valence-electron chi connectivity index (χ3n) is 6.88. The summed E-state index contributed by atoms with van der Waals surface area (Å²) in [4.78, 5) is 14.7. The highest BCUT2D eigenvalue weighted by Crippen LogP contribution is 2.24. The minimum atomic E-state index is -3.30. The third kappa shape index (κ3) is 6.06. The molecule has 2 aromatic carbocycles. The molecule has 1 fully saturated rings. The molecule has 9 nitrogen and oxygen atoms in total. The van der Waals surface area contributed by atoms with Crippen LogP contribution in [0.2, 0.25) is 0 Å². The van der Waals surface area contributed by atoms with Crippen LogP contribution in [-0.4, -0.2) is 80.7 Å². The SMILES string of the molecule is CC(CNS(=O)(=O)C(C)C)c1ccc(-n2ccc3cc(C(=O)N4CCN(S(C)(=O)=O)CC4)ccc32)cc1. The summed E-state index contributed by atoms with van der Waals surface area (Å²) < 4.78 is 53.7. The van der Waals surface area contributed by atoms with Crippen LogP contribution in [0.25, 0.3) is 16.6 Å². The molecule has 3 aromatic rings. The lowest BCUT2D eigenvalue weighted by Crippen LogP contribution is -2.50. The number of nitrogens with zero attached hydrogens (tertiary/aromatic N) is 3. The van der Waals surface area contributed by atoms with Gasteiger partial charge in [0.1, 0.15) is 0 Å². The molecule has 2 heterocycles. The Bertz CT molecular complexity index is 1490. The van der Waals surface area contributed by atoms with Gasteiger partial charge in [0.15, 0.2) is 0 Å². The van der Waals surface area contributed by atoms with E-state index in [1.165, 1.54) is 10.6 Å². The highest BCUT2D eigenvalue weighted by molar-refractivity contribution is 7.90. The molecule has 0 spiro atoms. The summed E-state index contributed by atoms with van der Waals surface area (Å²) in [6.07, 6.45) is 3.15. The van der Waals surface area contributed by atoms with Crippen molar-refractivity contribution < 1.29 is 21.6 Å². The lowest BCUT2D eigenvalue weighted by molar-refractivity contribution is 0.0698. The standard InChI is InChI=1S/C26H34N4O5S2/c1-19(2)37(34,35)27-18-20(3)21-5-8-24(9-6-21)30-12-11-22-17-23(7-10-25(22)30)26(31)28-13-15-29(16-14-28)36(4,32)33/h5-12,17,19-20,27H,13-16,18H2,1-4H3. The number of sulfonamides is 2. The second-order valence-electron chi connectivity index (χ2n) is 9.85. The Labute approximate surface area is 219 Å². The number of carbonyl (C=O) groups is 1. The minimum Gasteiger partial charge on any atom is -0.336 e. The zero-order valence-corrected chi connectivity index (χ0v) is 23.2. The molecule has 1 amide bonds. The Morgan fingerprint density at radius 1 is 0.919 bits per heavy atom. The Morgan fingerprint density at radius 2 is 1.57 bits per heavy atom. The van der Waals surface area contributed by atoms with Crippen LogP contribution < -0.4 is 4.72 Å². The number of aromatic nitrogens is 1. The molecular formula is C26H34N4O5S2. The molecule has 1 aliphatic rings. The van der Waals surface area contributed by atoms with Gasteiger partial charge in [0.05, 0.1) is 17.0 Å². The number of carbonyl (C=O) groups excluding carboxylic acids is 1. The Morgan fingerprint density at radius 3 is 2.16 bits per heavy atom. The molecular weight excluding hydrogens is 512 g/mol. The van der Waals surface area contributed by atoms with Gasteiger partial charge < -0.3 is 9.47 Å². The zero-order valence-electron chi connectivity index (χ0n) is 21.6. The first-order valence-electron chi connectivity index (χ1n) is 12.3. The number of rotatable bonds is 8. The average molecular weight is 547 g/mol. The quantitative estimate of drug-likeness (QED) is 0.467. The van der Waals surface area contributed by atoms with Crippen LogP contribution in [0.1, 0.15) is 42.6 Å². The van der Waals surface area contributed by atoms with E-state index in [0.717, 1.165) is 22.2 Å².